The maximum Gasteiger partial charge on any atom is 0.142 e. The van der Waals surface area contributed by atoms with E-state index in [2.05, 4.69) is 15.1 Å². The van der Waals surface area contributed by atoms with Crippen LogP contribution < -0.4 is 4.74 Å². The highest BCUT2D eigenvalue weighted by Crippen LogP contribution is 2.41. The first-order chi connectivity index (χ1) is 16.4. The fourth-order valence-electron chi connectivity index (χ4n) is 4.91. The Labute approximate surface area is 206 Å². The Morgan fingerprint density at radius 3 is 2.71 bits per heavy atom. The number of H-pyrrole nitrogens is 1. The second-order valence-corrected chi connectivity index (χ2v) is 9.56. The first kappa shape index (κ1) is 23.1. The lowest BCUT2D eigenvalue weighted by atomic mass is 9.91. The maximum atomic E-state index is 14.3. The summed E-state index contributed by atoms with van der Waals surface area (Å²) in [6.45, 7) is 1.96. The van der Waals surface area contributed by atoms with Gasteiger partial charge in [-0.05, 0) is 49.4 Å². The van der Waals surface area contributed by atoms with E-state index in [-0.39, 0.29) is 23.1 Å². The van der Waals surface area contributed by atoms with Crippen molar-refractivity contribution >= 4 is 34.2 Å². The SMILES string of the molecule is COc1ccc(F)c(Cl)c1[C@@H](C)c1c[nH]c2ncc(-c3cnn([C@H]4CC[C@H](O)CC4)c3Cl)cc12. The first-order valence-electron chi connectivity index (χ1n) is 11.3. The molecule has 0 amide bonds. The molecule has 1 saturated carbocycles. The van der Waals surface area contributed by atoms with E-state index in [1.807, 2.05) is 23.9 Å². The molecule has 0 unspecified atom stereocenters. The third kappa shape index (κ3) is 3.96. The number of ether oxygens (including phenoxy) is 1. The summed E-state index contributed by atoms with van der Waals surface area (Å²) in [5, 5.41) is 15.9. The van der Waals surface area contributed by atoms with Gasteiger partial charge in [0.05, 0.1) is 30.5 Å². The van der Waals surface area contributed by atoms with E-state index in [1.165, 1.54) is 6.07 Å². The minimum Gasteiger partial charge on any atom is -0.496 e. The Morgan fingerprint density at radius 2 is 1.97 bits per heavy atom. The van der Waals surface area contributed by atoms with Crippen LogP contribution in [0.15, 0.2) is 36.8 Å². The molecule has 3 aromatic heterocycles. The highest BCUT2D eigenvalue weighted by atomic mass is 35.5. The van der Waals surface area contributed by atoms with Crippen molar-refractivity contribution in [2.24, 2.45) is 0 Å². The Morgan fingerprint density at radius 1 is 1.21 bits per heavy atom. The van der Waals surface area contributed by atoms with Gasteiger partial charge in [-0.3, -0.25) is 4.68 Å². The van der Waals surface area contributed by atoms with Gasteiger partial charge in [-0.1, -0.05) is 30.1 Å². The lowest BCUT2D eigenvalue weighted by Crippen LogP contribution is -2.21. The zero-order valence-corrected chi connectivity index (χ0v) is 20.4. The van der Waals surface area contributed by atoms with Crippen molar-refractivity contribution in [3.05, 3.63) is 63.9 Å². The number of hydrogen-bond donors (Lipinski definition) is 2. The highest BCUT2D eigenvalue weighted by Gasteiger charge is 2.26. The zero-order valence-electron chi connectivity index (χ0n) is 18.9. The average molecular weight is 503 g/mol. The van der Waals surface area contributed by atoms with Crippen LogP contribution in [0.4, 0.5) is 4.39 Å². The van der Waals surface area contributed by atoms with Crippen molar-refractivity contribution < 1.29 is 14.2 Å². The molecule has 1 aliphatic rings. The minimum absolute atomic E-state index is 0.0484. The fourth-order valence-corrected chi connectivity index (χ4v) is 5.57. The standard InChI is InChI=1S/C25H25Cl2FN4O2/c1-13(22-21(34-2)8-7-20(28)23(22)26)18-11-30-25-17(18)9-14(10-29-25)19-12-31-32(24(19)27)15-3-5-16(33)6-4-15/h7-13,15-16,33H,3-6H2,1-2H3,(H,29,30)/t13-,15-,16-/m0/s1. The zero-order chi connectivity index (χ0) is 24.0. The van der Waals surface area contributed by atoms with Gasteiger partial charge in [0.25, 0.3) is 0 Å². The summed E-state index contributed by atoms with van der Waals surface area (Å²) in [5.74, 6) is -0.215. The van der Waals surface area contributed by atoms with E-state index < -0.39 is 5.82 Å². The molecule has 34 heavy (non-hydrogen) atoms. The van der Waals surface area contributed by atoms with Crippen LogP contribution in [0.2, 0.25) is 10.2 Å². The monoisotopic (exact) mass is 502 g/mol. The van der Waals surface area contributed by atoms with Gasteiger partial charge in [-0.15, -0.1) is 0 Å². The Bertz CT molecular complexity index is 1340. The van der Waals surface area contributed by atoms with Gasteiger partial charge in [-0.25, -0.2) is 9.37 Å². The van der Waals surface area contributed by atoms with Crippen molar-refractivity contribution in [1.82, 2.24) is 19.7 Å². The van der Waals surface area contributed by atoms with Crippen molar-refractivity contribution in [2.45, 2.75) is 50.7 Å². The number of halogens is 3. The summed E-state index contributed by atoms with van der Waals surface area (Å²) in [5.41, 5.74) is 3.84. The maximum absolute atomic E-state index is 14.3. The molecule has 3 heterocycles. The van der Waals surface area contributed by atoms with Crippen LogP contribution in [0, 0.1) is 5.82 Å². The van der Waals surface area contributed by atoms with Crippen LogP contribution in [-0.2, 0) is 0 Å². The van der Waals surface area contributed by atoms with Gasteiger partial charge in [-0.2, -0.15) is 5.10 Å². The Kier molecular flexibility index (Phi) is 6.27. The van der Waals surface area contributed by atoms with E-state index in [1.54, 1.807) is 25.6 Å². The number of aromatic amines is 1. The van der Waals surface area contributed by atoms with Crippen LogP contribution in [0.1, 0.15) is 55.7 Å². The van der Waals surface area contributed by atoms with E-state index >= 15 is 0 Å². The van der Waals surface area contributed by atoms with Crippen molar-refractivity contribution in [3.63, 3.8) is 0 Å². The number of nitrogens with one attached hydrogen (secondary N) is 1. The molecule has 0 spiro atoms. The van der Waals surface area contributed by atoms with Crippen LogP contribution in [-0.4, -0.2) is 38.1 Å². The normalized spacial score (nSPS) is 19.5. The molecule has 0 radical (unpaired) electrons. The van der Waals surface area contributed by atoms with Gasteiger partial charge in [0.1, 0.15) is 22.4 Å². The molecule has 1 fully saturated rings. The Balaban J connectivity index is 1.54. The second kappa shape index (κ2) is 9.21. The molecule has 5 rings (SSSR count). The topological polar surface area (TPSA) is 76.0 Å². The van der Waals surface area contributed by atoms with Gasteiger partial charge in [0.15, 0.2) is 0 Å². The van der Waals surface area contributed by atoms with E-state index in [0.29, 0.717) is 22.1 Å². The summed E-state index contributed by atoms with van der Waals surface area (Å²) < 4.78 is 21.6. The van der Waals surface area contributed by atoms with Crippen LogP contribution in [0.5, 0.6) is 5.75 Å². The van der Waals surface area contributed by atoms with E-state index in [9.17, 15) is 9.50 Å². The van der Waals surface area contributed by atoms with Gasteiger partial charge >= 0.3 is 0 Å². The molecular weight excluding hydrogens is 478 g/mol. The van der Waals surface area contributed by atoms with Crippen LogP contribution in [0.3, 0.4) is 0 Å². The molecule has 178 valence electrons. The van der Waals surface area contributed by atoms with Crippen molar-refractivity contribution in [2.75, 3.05) is 7.11 Å². The molecule has 6 nitrogen and oxygen atoms in total. The molecule has 9 heteroatoms. The summed E-state index contributed by atoms with van der Waals surface area (Å²) in [4.78, 5) is 7.79. The molecule has 0 bridgehead atoms. The molecule has 0 aliphatic heterocycles. The third-order valence-electron chi connectivity index (χ3n) is 6.83. The highest BCUT2D eigenvalue weighted by molar-refractivity contribution is 6.32. The third-order valence-corrected chi connectivity index (χ3v) is 7.59. The first-order valence-corrected chi connectivity index (χ1v) is 12.0. The number of aliphatic hydroxyl groups is 1. The quantitative estimate of drug-likeness (QED) is 0.326. The number of methoxy groups -OCH3 is 1. The van der Waals surface area contributed by atoms with Crippen LogP contribution in [0.25, 0.3) is 22.2 Å². The number of aliphatic hydroxyl groups excluding tert-OH is 1. The minimum atomic E-state index is -0.489. The van der Waals surface area contributed by atoms with Crippen LogP contribution >= 0.6 is 23.2 Å². The average Bonchev–Trinajstić information content (AvgIpc) is 3.44. The number of aromatic nitrogens is 4. The lowest BCUT2D eigenvalue weighted by Gasteiger charge is -2.26. The molecule has 1 aliphatic carbocycles. The number of benzene rings is 1. The molecule has 1 atom stereocenters. The predicted octanol–water partition coefficient (Wildman–Crippen LogP) is 6.51. The molecule has 4 aromatic rings. The largest absolute Gasteiger partial charge is 0.496 e. The van der Waals surface area contributed by atoms with Gasteiger partial charge in [0, 0.05) is 40.4 Å². The molecule has 2 N–H and O–H groups in total. The molecular formula is C25H25Cl2FN4O2. The summed E-state index contributed by atoms with van der Waals surface area (Å²) >= 11 is 13.1. The molecule has 1 aromatic carbocycles. The number of pyridine rings is 1. The van der Waals surface area contributed by atoms with Gasteiger partial charge < -0.3 is 14.8 Å². The summed E-state index contributed by atoms with van der Waals surface area (Å²) in [6.07, 6.45) is 8.34. The number of rotatable bonds is 5. The number of hydrogen-bond acceptors (Lipinski definition) is 4. The summed E-state index contributed by atoms with van der Waals surface area (Å²) in [7, 11) is 1.54. The van der Waals surface area contributed by atoms with Crippen molar-refractivity contribution in [3.8, 4) is 16.9 Å². The van der Waals surface area contributed by atoms with E-state index in [4.69, 9.17) is 27.9 Å². The fraction of sp³-hybridized carbons (Fsp3) is 0.360. The van der Waals surface area contributed by atoms with Gasteiger partial charge in [0.2, 0.25) is 0 Å². The lowest BCUT2D eigenvalue weighted by molar-refractivity contribution is 0.108. The summed E-state index contributed by atoms with van der Waals surface area (Å²) in [6, 6.07) is 5.08. The Hall–Kier alpha value is -2.61. The second-order valence-electron chi connectivity index (χ2n) is 8.82. The number of fused-ring (bicyclic) bond motifs is 1. The number of nitrogens with zero attached hydrogens (tertiary/aromatic N) is 3. The van der Waals surface area contributed by atoms with Crippen molar-refractivity contribution in [1.29, 1.82) is 0 Å². The molecule has 0 saturated heterocycles. The predicted molar refractivity (Wildman–Crippen MR) is 131 cm³/mol. The van der Waals surface area contributed by atoms with E-state index in [0.717, 1.165) is 47.8 Å². The smallest absolute Gasteiger partial charge is 0.142 e.